The van der Waals surface area contributed by atoms with Crippen molar-refractivity contribution >= 4 is 11.8 Å². The van der Waals surface area contributed by atoms with E-state index in [2.05, 4.69) is 20.6 Å². The summed E-state index contributed by atoms with van der Waals surface area (Å²) >= 11 is 0. The van der Waals surface area contributed by atoms with Crippen LogP contribution >= 0.6 is 0 Å². The van der Waals surface area contributed by atoms with Crippen molar-refractivity contribution in [3.05, 3.63) is 47.4 Å². The summed E-state index contributed by atoms with van der Waals surface area (Å²) in [5.41, 5.74) is 1.69. The first-order valence-corrected chi connectivity index (χ1v) is 6.80. The van der Waals surface area contributed by atoms with Gasteiger partial charge in [0.2, 0.25) is 5.95 Å². The molecule has 0 atom stereocenters. The average molecular weight is 272 g/mol. The Hall–Kier alpha value is -2.17. The number of hydrogen-bond acceptors (Lipinski definition) is 4. The number of anilines is 2. The smallest absolute Gasteiger partial charge is 0.224 e. The molecule has 104 valence electrons. The number of aromatic nitrogens is 2. The van der Waals surface area contributed by atoms with Crippen LogP contribution in [0.5, 0.6) is 0 Å². The molecule has 0 aliphatic heterocycles. The lowest BCUT2D eigenvalue weighted by Crippen LogP contribution is -2.07. The number of hydrogen-bond donors (Lipinski definition) is 2. The minimum atomic E-state index is -0.203. The second-order valence-corrected chi connectivity index (χ2v) is 4.97. The Kier molecular flexibility index (Phi) is 3.50. The van der Waals surface area contributed by atoms with E-state index in [4.69, 9.17) is 0 Å². The van der Waals surface area contributed by atoms with Crippen LogP contribution in [0.4, 0.5) is 16.2 Å². The van der Waals surface area contributed by atoms with Crippen LogP contribution in [-0.2, 0) is 6.54 Å². The van der Waals surface area contributed by atoms with E-state index in [-0.39, 0.29) is 5.82 Å². The van der Waals surface area contributed by atoms with Crippen molar-refractivity contribution in [3.8, 4) is 0 Å². The molecule has 2 aromatic rings. The predicted molar refractivity (Wildman–Crippen MR) is 77.3 cm³/mol. The second kappa shape index (κ2) is 5.45. The van der Waals surface area contributed by atoms with Crippen molar-refractivity contribution in [1.82, 2.24) is 9.97 Å². The third-order valence-corrected chi connectivity index (χ3v) is 3.38. The van der Waals surface area contributed by atoms with Crippen LogP contribution < -0.4 is 10.6 Å². The molecule has 20 heavy (non-hydrogen) atoms. The fourth-order valence-corrected chi connectivity index (χ4v) is 2.08. The van der Waals surface area contributed by atoms with Gasteiger partial charge in [0, 0.05) is 31.1 Å². The molecule has 1 aromatic heterocycles. The molecule has 2 N–H and O–H groups in total. The first kappa shape index (κ1) is 12.8. The van der Waals surface area contributed by atoms with E-state index in [0.29, 0.717) is 24.0 Å². The molecule has 1 heterocycles. The zero-order chi connectivity index (χ0) is 13.9. The van der Waals surface area contributed by atoms with E-state index in [9.17, 15) is 4.39 Å². The molecule has 1 aliphatic carbocycles. The van der Waals surface area contributed by atoms with Crippen molar-refractivity contribution < 1.29 is 4.39 Å². The highest BCUT2D eigenvalue weighted by molar-refractivity contribution is 5.44. The quantitative estimate of drug-likeness (QED) is 0.878. The standard InChI is InChI=1S/C15H17FN4/c1-17-15-19-13(10-6-7-10)8-14(20-15)18-9-11-4-2-3-5-12(11)16/h2-5,8,10H,6-7,9H2,1H3,(H2,17,18,19,20). The number of halogens is 1. The molecule has 0 spiro atoms. The lowest BCUT2D eigenvalue weighted by molar-refractivity contribution is 0.613. The Bertz CT molecular complexity index is 611. The van der Waals surface area contributed by atoms with Gasteiger partial charge in [-0.05, 0) is 18.9 Å². The van der Waals surface area contributed by atoms with E-state index >= 15 is 0 Å². The molecule has 5 heteroatoms. The Balaban J connectivity index is 1.76. The van der Waals surface area contributed by atoms with Crippen LogP contribution in [0.2, 0.25) is 0 Å². The molecule has 0 saturated heterocycles. The first-order valence-electron chi connectivity index (χ1n) is 6.80. The summed E-state index contributed by atoms with van der Waals surface area (Å²) in [5.74, 6) is 1.68. The lowest BCUT2D eigenvalue weighted by atomic mass is 10.2. The van der Waals surface area contributed by atoms with Gasteiger partial charge in [-0.2, -0.15) is 4.98 Å². The minimum Gasteiger partial charge on any atom is -0.366 e. The summed E-state index contributed by atoms with van der Waals surface area (Å²) < 4.78 is 13.6. The SMILES string of the molecule is CNc1nc(NCc2ccccc2F)cc(C2CC2)n1. The summed E-state index contributed by atoms with van der Waals surface area (Å²) in [6.07, 6.45) is 2.37. The number of rotatable bonds is 5. The maximum atomic E-state index is 13.6. The second-order valence-electron chi connectivity index (χ2n) is 4.97. The molecule has 1 aliphatic rings. The van der Waals surface area contributed by atoms with Gasteiger partial charge in [0.25, 0.3) is 0 Å². The van der Waals surface area contributed by atoms with Gasteiger partial charge in [0.1, 0.15) is 11.6 Å². The molecule has 4 nitrogen and oxygen atoms in total. The largest absolute Gasteiger partial charge is 0.366 e. The topological polar surface area (TPSA) is 49.8 Å². The maximum absolute atomic E-state index is 13.6. The fraction of sp³-hybridized carbons (Fsp3) is 0.333. The molecule has 0 bridgehead atoms. The van der Waals surface area contributed by atoms with E-state index in [0.717, 1.165) is 11.5 Å². The van der Waals surface area contributed by atoms with Crippen molar-refractivity contribution in [2.45, 2.75) is 25.3 Å². The maximum Gasteiger partial charge on any atom is 0.224 e. The third kappa shape index (κ3) is 2.87. The van der Waals surface area contributed by atoms with Crippen LogP contribution in [0, 0.1) is 5.82 Å². The van der Waals surface area contributed by atoms with Crippen molar-refractivity contribution in [1.29, 1.82) is 0 Å². The predicted octanol–water partition coefficient (Wildman–Crippen LogP) is 3.15. The van der Waals surface area contributed by atoms with E-state index in [1.54, 1.807) is 19.2 Å². The summed E-state index contributed by atoms with van der Waals surface area (Å²) in [5, 5.41) is 6.13. The molecule has 1 saturated carbocycles. The summed E-state index contributed by atoms with van der Waals surface area (Å²) in [4.78, 5) is 8.80. The van der Waals surface area contributed by atoms with Crippen LogP contribution in [0.3, 0.4) is 0 Å². The first-order chi connectivity index (χ1) is 9.76. The van der Waals surface area contributed by atoms with E-state index in [1.165, 1.54) is 18.9 Å². The van der Waals surface area contributed by atoms with E-state index < -0.39 is 0 Å². The van der Waals surface area contributed by atoms with Gasteiger partial charge in [-0.25, -0.2) is 9.37 Å². The molecule has 0 radical (unpaired) electrons. The fourth-order valence-electron chi connectivity index (χ4n) is 2.08. The highest BCUT2D eigenvalue weighted by atomic mass is 19.1. The number of benzene rings is 1. The van der Waals surface area contributed by atoms with Gasteiger partial charge in [0.15, 0.2) is 0 Å². The van der Waals surface area contributed by atoms with Gasteiger partial charge in [0.05, 0.1) is 5.69 Å². The molecule has 1 aromatic carbocycles. The molecule has 0 amide bonds. The summed E-state index contributed by atoms with van der Waals surface area (Å²) in [6, 6.07) is 8.71. The zero-order valence-electron chi connectivity index (χ0n) is 11.4. The van der Waals surface area contributed by atoms with E-state index in [1.807, 2.05) is 12.1 Å². The molecule has 1 fully saturated rings. The van der Waals surface area contributed by atoms with Gasteiger partial charge in [-0.1, -0.05) is 18.2 Å². The number of nitrogens with zero attached hydrogens (tertiary/aromatic N) is 2. The monoisotopic (exact) mass is 272 g/mol. The summed E-state index contributed by atoms with van der Waals surface area (Å²) in [6.45, 7) is 0.414. The molecule has 0 unspecified atom stereocenters. The Morgan fingerprint density at radius 3 is 2.75 bits per heavy atom. The lowest BCUT2D eigenvalue weighted by Gasteiger charge is -2.10. The van der Waals surface area contributed by atoms with Gasteiger partial charge in [-0.15, -0.1) is 0 Å². The van der Waals surface area contributed by atoms with Gasteiger partial charge < -0.3 is 10.6 Å². The Morgan fingerprint density at radius 1 is 1.25 bits per heavy atom. The van der Waals surface area contributed by atoms with Crippen LogP contribution in [0.15, 0.2) is 30.3 Å². The summed E-state index contributed by atoms with van der Waals surface area (Å²) in [7, 11) is 1.80. The molecule has 3 rings (SSSR count). The normalized spacial score (nSPS) is 14.1. The average Bonchev–Trinajstić information content (AvgIpc) is 3.31. The highest BCUT2D eigenvalue weighted by Crippen LogP contribution is 2.39. The van der Waals surface area contributed by atoms with Crippen molar-refractivity contribution in [2.24, 2.45) is 0 Å². The number of nitrogens with one attached hydrogen (secondary N) is 2. The third-order valence-electron chi connectivity index (χ3n) is 3.38. The zero-order valence-corrected chi connectivity index (χ0v) is 11.4. The van der Waals surface area contributed by atoms with Gasteiger partial charge >= 0.3 is 0 Å². The minimum absolute atomic E-state index is 0.203. The van der Waals surface area contributed by atoms with Crippen molar-refractivity contribution in [2.75, 3.05) is 17.7 Å². The Morgan fingerprint density at radius 2 is 2.05 bits per heavy atom. The van der Waals surface area contributed by atoms with Gasteiger partial charge in [-0.3, -0.25) is 0 Å². The van der Waals surface area contributed by atoms with Crippen LogP contribution in [0.25, 0.3) is 0 Å². The van der Waals surface area contributed by atoms with Crippen molar-refractivity contribution in [3.63, 3.8) is 0 Å². The highest BCUT2D eigenvalue weighted by Gasteiger charge is 2.26. The van der Waals surface area contributed by atoms with Crippen LogP contribution in [0.1, 0.15) is 30.0 Å². The van der Waals surface area contributed by atoms with Crippen LogP contribution in [-0.4, -0.2) is 17.0 Å². The molecular formula is C15H17FN4. The Labute approximate surface area is 117 Å². The molecular weight excluding hydrogens is 255 g/mol.